The molecule has 0 aromatic rings. The number of hydrogen-bond acceptors (Lipinski definition) is 2. The van der Waals surface area contributed by atoms with Crippen molar-refractivity contribution < 1.29 is 14.7 Å². The highest BCUT2D eigenvalue weighted by atomic mass is 16.4. The van der Waals surface area contributed by atoms with Crippen LogP contribution in [0.5, 0.6) is 0 Å². The fraction of sp³-hybridized carbons (Fsp3) is 0.867. The third-order valence-corrected chi connectivity index (χ3v) is 4.01. The van der Waals surface area contributed by atoms with E-state index in [1.807, 2.05) is 20.8 Å². The monoisotopic (exact) mass is 284 g/mol. The van der Waals surface area contributed by atoms with Gasteiger partial charge in [0.15, 0.2) is 0 Å². The minimum atomic E-state index is -1.08. The minimum Gasteiger partial charge on any atom is -0.480 e. The summed E-state index contributed by atoms with van der Waals surface area (Å²) in [6.45, 7) is 9.30. The number of carbonyl (C=O) groups excluding carboxylic acids is 1. The second kappa shape index (κ2) is 6.95. The standard InChI is InChI=1S/C15H28N2O3/c1-5-17(10-11(2)3)14(20)16-15(13(18)19)8-6-7-12(4)9-15/h11-12H,5-10H2,1-4H3,(H,16,20)(H,18,19). The van der Waals surface area contributed by atoms with E-state index < -0.39 is 11.5 Å². The molecule has 1 fully saturated rings. The van der Waals surface area contributed by atoms with Gasteiger partial charge in [-0.1, -0.05) is 33.6 Å². The van der Waals surface area contributed by atoms with Crippen LogP contribution in [-0.4, -0.2) is 40.6 Å². The molecular formula is C15H28N2O3. The SMILES string of the molecule is CCN(CC(C)C)C(=O)NC1(C(=O)O)CCCC(C)C1. The van der Waals surface area contributed by atoms with E-state index in [0.29, 0.717) is 37.8 Å². The Morgan fingerprint density at radius 2 is 2.10 bits per heavy atom. The van der Waals surface area contributed by atoms with Crippen LogP contribution < -0.4 is 5.32 Å². The topological polar surface area (TPSA) is 69.6 Å². The van der Waals surface area contributed by atoms with E-state index in [0.717, 1.165) is 12.8 Å². The molecule has 2 unspecified atom stereocenters. The van der Waals surface area contributed by atoms with Crippen molar-refractivity contribution in [3.63, 3.8) is 0 Å². The maximum atomic E-state index is 12.3. The lowest BCUT2D eigenvalue weighted by Gasteiger charge is -2.38. The number of carboxylic acid groups (broad SMARTS) is 1. The Bertz CT molecular complexity index is 357. The summed E-state index contributed by atoms with van der Waals surface area (Å²) in [7, 11) is 0. The molecule has 2 N–H and O–H groups in total. The van der Waals surface area contributed by atoms with Crippen LogP contribution in [0, 0.1) is 11.8 Å². The molecule has 0 bridgehead atoms. The van der Waals surface area contributed by atoms with Crippen LogP contribution in [0.2, 0.25) is 0 Å². The number of aliphatic carboxylic acids is 1. The number of nitrogens with one attached hydrogen (secondary N) is 1. The summed E-state index contributed by atoms with van der Waals surface area (Å²) >= 11 is 0. The Morgan fingerprint density at radius 3 is 2.55 bits per heavy atom. The summed E-state index contributed by atoms with van der Waals surface area (Å²) in [5.74, 6) is -0.204. The number of hydrogen-bond donors (Lipinski definition) is 2. The predicted molar refractivity (Wildman–Crippen MR) is 78.6 cm³/mol. The molecule has 0 aliphatic heterocycles. The molecule has 0 spiro atoms. The lowest BCUT2D eigenvalue weighted by Crippen LogP contribution is -2.60. The molecule has 2 atom stereocenters. The van der Waals surface area contributed by atoms with E-state index in [1.54, 1.807) is 4.90 Å². The zero-order chi connectivity index (χ0) is 15.3. The maximum absolute atomic E-state index is 12.3. The first-order valence-corrected chi connectivity index (χ1v) is 7.61. The Morgan fingerprint density at radius 1 is 1.45 bits per heavy atom. The van der Waals surface area contributed by atoms with Gasteiger partial charge in [-0.15, -0.1) is 0 Å². The van der Waals surface area contributed by atoms with E-state index in [1.165, 1.54) is 0 Å². The van der Waals surface area contributed by atoms with Crippen molar-refractivity contribution in [1.82, 2.24) is 10.2 Å². The zero-order valence-electron chi connectivity index (χ0n) is 13.1. The third-order valence-electron chi connectivity index (χ3n) is 4.01. The van der Waals surface area contributed by atoms with Crippen LogP contribution in [0.3, 0.4) is 0 Å². The zero-order valence-corrected chi connectivity index (χ0v) is 13.1. The summed E-state index contributed by atoms with van der Waals surface area (Å²) < 4.78 is 0. The smallest absolute Gasteiger partial charge is 0.329 e. The van der Waals surface area contributed by atoms with Crippen molar-refractivity contribution in [1.29, 1.82) is 0 Å². The highest BCUT2D eigenvalue weighted by Gasteiger charge is 2.43. The molecule has 5 nitrogen and oxygen atoms in total. The third kappa shape index (κ3) is 4.12. The quantitative estimate of drug-likeness (QED) is 0.815. The number of amides is 2. The number of rotatable bonds is 5. The van der Waals surface area contributed by atoms with E-state index in [9.17, 15) is 14.7 Å². The van der Waals surface area contributed by atoms with Gasteiger partial charge in [-0.05, 0) is 31.6 Å². The van der Waals surface area contributed by atoms with Crippen LogP contribution in [0.4, 0.5) is 4.79 Å². The maximum Gasteiger partial charge on any atom is 0.329 e. The first-order chi connectivity index (χ1) is 9.30. The van der Waals surface area contributed by atoms with E-state index in [4.69, 9.17) is 0 Å². The molecule has 0 saturated heterocycles. The number of carboxylic acids is 1. The minimum absolute atomic E-state index is 0.252. The molecule has 0 aromatic heterocycles. The van der Waals surface area contributed by atoms with E-state index in [2.05, 4.69) is 12.2 Å². The van der Waals surface area contributed by atoms with Crippen molar-refractivity contribution in [2.75, 3.05) is 13.1 Å². The highest BCUT2D eigenvalue weighted by Crippen LogP contribution is 2.32. The molecule has 20 heavy (non-hydrogen) atoms. The number of nitrogens with zero attached hydrogens (tertiary/aromatic N) is 1. The fourth-order valence-corrected chi connectivity index (χ4v) is 2.99. The summed E-state index contributed by atoms with van der Waals surface area (Å²) in [5.41, 5.74) is -1.08. The van der Waals surface area contributed by atoms with Gasteiger partial charge in [0.1, 0.15) is 5.54 Å². The van der Waals surface area contributed by atoms with Crippen LogP contribution >= 0.6 is 0 Å². The molecular weight excluding hydrogens is 256 g/mol. The first-order valence-electron chi connectivity index (χ1n) is 7.61. The van der Waals surface area contributed by atoms with Gasteiger partial charge in [0.05, 0.1) is 0 Å². The summed E-state index contributed by atoms with van der Waals surface area (Å²) in [6.07, 6.45) is 2.93. The van der Waals surface area contributed by atoms with Crippen molar-refractivity contribution in [2.45, 2.75) is 58.9 Å². The molecule has 116 valence electrons. The van der Waals surface area contributed by atoms with E-state index >= 15 is 0 Å². The fourth-order valence-electron chi connectivity index (χ4n) is 2.99. The summed E-state index contributed by atoms with van der Waals surface area (Å²) in [5, 5.41) is 12.4. The first kappa shape index (κ1) is 16.8. The summed E-state index contributed by atoms with van der Waals surface area (Å²) in [6, 6.07) is -0.252. The van der Waals surface area contributed by atoms with Crippen LogP contribution in [0.25, 0.3) is 0 Å². The molecule has 0 radical (unpaired) electrons. The van der Waals surface area contributed by atoms with E-state index in [-0.39, 0.29) is 6.03 Å². The molecule has 1 rings (SSSR count). The largest absolute Gasteiger partial charge is 0.480 e. The van der Waals surface area contributed by atoms with Crippen LogP contribution in [0.1, 0.15) is 53.4 Å². The average Bonchev–Trinajstić information content (AvgIpc) is 2.35. The lowest BCUT2D eigenvalue weighted by atomic mass is 9.76. The molecule has 1 saturated carbocycles. The van der Waals surface area contributed by atoms with Gasteiger partial charge >= 0.3 is 12.0 Å². The van der Waals surface area contributed by atoms with Gasteiger partial charge < -0.3 is 15.3 Å². The molecule has 0 aromatic carbocycles. The van der Waals surface area contributed by atoms with Gasteiger partial charge in [0.25, 0.3) is 0 Å². The highest BCUT2D eigenvalue weighted by molar-refractivity contribution is 5.86. The summed E-state index contributed by atoms with van der Waals surface area (Å²) in [4.78, 5) is 25.7. The van der Waals surface area contributed by atoms with Gasteiger partial charge in [-0.25, -0.2) is 9.59 Å². The second-order valence-electron chi connectivity index (χ2n) is 6.45. The molecule has 1 aliphatic rings. The Labute approximate surface area is 121 Å². The van der Waals surface area contributed by atoms with Crippen LogP contribution in [0.15, 0.2) is 0 Å². The van der Waals surface area contributed by atoms with Crippen molar-refractivity contribution in [3.05, 3.63) is 0 Å². The Kier molecular flexibility index (Phi) is 5.84. The van der Waals surface area contributed by atoms with Crippen LogP contribution in [-0.2, 0) is 4.79 Å². The van der Waals surface area contributed by atoms with Gasteiger partial charge in [-0.3, -0.25) is 0 Å². The average molecular weight is 284 g/mol. The van der Waals surface area contributed by atoms with Crippen molar-refractivity contribution in [3.8, 4) is 0 Å². The van der Waals surface area contributed by atoms with Gasteiger partial charge in [-0.2, -0.15) is 0 Å². The molecule has 1 aliphatic carbocycles. The Balaban J connectivity index is 2.79. The molecule has 0 heterocycles. The van der Waals surface area contributed by atoms with Crippen molar-refractivity contribution in [2.24, 2.45) is 11.8 Å². The lowest BCUT2D eigenvalue weighted by molar-refractivity contribution is -0.146. The Hall–Kier alpha value is -1.26. The number of carbonyl (C=O) groups is 2. The van der Waals surface area contributed by atoms with Gasteiger partial charge in [0, 0.05) is 13.1 Å². The number of urea groups is 1. The second-order valence-corrected chi connectivity index (χ2v) is 6.45. The normalized spacial score (nSPS) is 26.4. The molecule has 5 heteroatoms. The van der Waals surface area contributed by atoms with Crippen molar-refractivity contribution >= 4 is 12.0 Å². The molecule has 2 amide bonds. The predicted octanol–water partition coefficient (Wildman–Crippen LogP) is 2.71. The van der Waals surface area contributed by atoms with Gasteiger partial charge in [0.2, 0.25) is 0 Å².